The molecule has 3 nitrogen and oxygen atoms in total. The highest BCUT2D eigenvalue weighted by atomic mass is 35.5. The molecule has 0 spiro atoms. The first kappa shape index (κ1) is 13.3. The summed E-state index contributed by atoms with van der Waals surface area (Å²) in [6.45, 7) is 0.873. The van der Waals surface area contributed by atoms with Gasteiger partial charge in [-0.25, -0.2) is 0 Å². The zero-order valence-electron chi connectivity index (χ0n) is 8.93. The molecule has 0 amide bonds. The molecule has 5 heteroatoms. The lowest BCUT2D eigenvalue weighted by atomic mass is 10.1. The Bertz CT molecular complexity index is 369. The van der Waals surface area contributed by atoms with Crippen LogP contribution in [0.25, 0.3) is 0 Å². The smallest absolute Gasteiger partial charge is 0.319 e. The lowest BCUT2D eigenvalue weighted by Gasteiger charge is -2.05. The molecule has 0 radical (unpaired) electrons. The predicted octanol–water partition coefficient (Wildman–Crippen LogP) is 2.30. The topological polar surface area (TPSA) is 38.3 Å². The van der Waals surface area contributed by atoms with Crippen molar-refractivity contribution in [1.29, 1.82) is 0 Å². The minimum atomic E-state index is -0.276. The van der Waals surface area contributed by atoms with Gasteiger partial charge in [0.05, 0.1) is 13.7 Å². The van der Waals surface area contributed by atoms with Gasteiger partial charge in [-0.1, -0.05) is 29.3 Å². The molecule has 1 aromatic rings. The van der Waals surface area contributed by atoms with Gasteiger partial charge < -0.3 is 10.1 Å². The molecule has 16 heavy (non-hydrogen) atoms. The van der Waals surface area contributed by atoms with E-state index in [1.165, 1.54) is 7.11 Å². The summed E-state index contributed by atoms with van der Waals surface area (Å²) in [5, 5.41) is 4.23. The molecule has 0 heterocycles. The van der Waals surface area contributed by atoms with Gasteiger partial charge in [-0.3, -0.25) is 4.79 Å². The Morgan fingerprint density at radius 1 is 1.44 bits per heavy atom. The Morgan fingerprint density at radius 2 is 2.19 bits per heavy atom. The molecule has 1 N–H and O–H groups in total. The first-order valence-corrected chi connectivity index (χ1v) is 5.60. The monoisotopic (exact) mass is 261 g/mol. The molecule has 0 saturated carbocycles. The van der Waals surface area contributed by atoms with E-state index in [2.05, 4.69) is 10.1 Å². The van der Waals surface area contributed by atoms with Crippen LogP contribution in [-0.2, 0) is 16.0 Å². The van der Waals surface area contributed by atoms with Crippen molar-refractivity contribution in [1.82, 2.24) is 5.32 Å². The van der Waals surface area contributed by atoms with E-state index in [0.717, 1.165) is 12.0 Å². The maximum Gasteiger partial charge on any atom is 0.319 e. The summed E-state index contributed by atoms with van der Waals surface area (Å²) in [5.74, 6) is -0.276. The molecule has 0 aliphatic rings. The third kappa shape index (κ3) is 4.39. The van der Waals surface area contributed by atoms with Gasteiger partial charge in [-0.2, -0.15) is 0 Å². The molecule has 1 aromatic carbocycles. The number of methoxy groups -OCH3 is 1. The molecule has 0 unspecified atom stereocenters. The average molecular weight is 262 g/mol. The van der Waals surface area contributed by atoms with E-state index >= 15 is 0 Å². The highest BCUT2D eigenvalue weighted by Crippen LogP contribution is 2.20. The number of carbonyl (C=O) groups is 1. The Balaban J connectivity index is 2.35. The van der Waals surface area contributed by atoms with Crippen molar-refractivity contribution in [3.8, 4) is 0 Å². The van der Waals surface area contributed by atoms with Crippen molar-refractivity contribution in [3.63, 3.8) is 0 Å². The highest BCUT2D eigenvalue weighted by molar-refractivity contribution is 6.35. The lowest BCUT2D eigenvalue weighted by molar-refractivity contribution is -0.139. The van der Waals surface area contributed by atoms with Gasteiger partial charge in [0.1, 0.15) is 0 Å². The third-order valence-corrected chi connectivity index (χ3v) is 2.67. The summed E-state index contributed by atoms with van der Waals surface area (Å²) >= 11 is 11.8. The molecule has 0 aliphatic heterocycles. The predicted molar refractivity (Wildman–Crippen MR) is 65.1 cm³/mol. The number of hydrogen-bond acceptors (Lipinski definition) is 3. The molecule has 88 valence electrons. The number of ether oxygens (including phenoxy) is 1. The van der Waals surface area contributed by atoms with Gasteiger partial charge in [-0.15, -0.1) is 0 Å². The van der Waals surface area contributed by atoms with Crippen LogP contribution in [0.1, 0.15) is 5.56 Å². The Hall–Kier alpha value is -0.770. The quantitative estimate of drug-likeness (QED) is 0.653. The van der Waals surface area contributed by atoms with Crippen LogP contribution in [-0.4, -0.2) is 26.2 Å². The zero-order chi connectivity index (χ0) is 12.0. The minimum Gasteiger partial charge on any atom is -0.468 e. The molecule has 0 saturated heterocycles. The van der Waals surface area contributed by atoms with Gasteiger partial charge in [0.25, 0.3) is 0 Å². The van der Waals surface area contributed by atoms with E-state index in [4.69, 9.17) is 23.2 Å². The van der Waals surface area contributed by atoms with E-state index in [-0.39, 0.29) is 12.5 Å². The Labute approximate surface area is 105 Å². The number of benzene rings is 1. The van der Waals surface area contributed by atoms with Crippen LogP contribution in [0.2, 0.25) is 10.0 Å². The van der Waals surface area contributed by atoms with Crippen LogP contribution in [0.4, 0.5) is 0 Å². The maximum absolute atomic E-state index is 10.8. The normalized spacial score (nSPS) is 10.2. The number of carbonyl (C=O) groups excluding carboxylic acids is 1. The first-order chi connectivity index (χ1) is 7.63. The Morgan fingerprint density at radius 3 is 2.81 bits per heavy atom. The molecule has 0 bridgehead atoms. The number of halogens is 2. The van der Waals surface area contributed by atoms with Gasteiger partial charge >= 0.3 is 5.97 Å². The van der Waals surface area contributed by atoms with Crippen LogP contribution in [0, 0.1) is 0 Å². The van der Waals surface area contributed by atoms with E-state index < -0.39 is 0 Å². The molecule has 0 aliphatic carbocycles. The molecule has 0 atom stereocenters. The van der Waals surface area contributed by atoms with Crippen LogP contribution in [0.15, 0.2) is 18.2 Å². The van der Waals surface area contributed by atoms with Crippen molar-refractivity contribution in [2.75, 3.05) is 20.2 Å². The van der Waals surface area contributed by atoms with Crippen molar-refractivity contribution >= 4 is 29.2 Å². The van der Waals surface area contributed by atoms with E-state index in [0.29, 0.717) is 16.6 Å². The second kappa shape index (κ2) is 6.74. The van der Waals surface area contributed by atoms with Gasteiger partial charge in [-0.05, 0) is 30.7 Å². The standard InChI is InChI=1S/C11H13Cl2NO2/c1-16-11(15)7-14-5-4-8-2-3-9(12)6-10(8)13/h2-3,6,14H,4-5,7H2,1H3. The molecular weight excluding hydrogens is 249 g/mol. The van der Waals surface area contributed by atoms with Crippen LogP contribution in [0.3, 0.4) is 0 Å². The van der Waals surface area contributed by atoms with Crippen LogP contribution in [0.5, 0.6) is 0 Å². The zero-order valence-corrected chi connectivity index (χ0v) is 10.4. The number of rotatable bonds is 5. The van der Waals surface area contributed by atoms with Crippen molar-refractivity contribution in [2.45, 2.75) is 6.42 Å². The van der Waals surface area contributed by atoms with E-state index in [1.54, 1.807) is 12.1 Å². The second-order valence-corrected chi connectivity index (χ2v) is 4.08. The Kier molecular flexibility index (Phi) is 5.60. The van der Waals surface area contributed by atoms with Crippen LogP contribution >= 0.6 is 23.2 Å². The number of hydrogen-bond donors (Lipinski definition) is 1. The fraction of sp³-hybridized carbons (Fsp3) is 0.364. The fourth-order valence-corrected chi connectivity index (χ4v) is 1.71. The lowest BCUT2D eigenvalue weighted by Crippen LogP contribution is -2.25. The summed E-state index contributed by atoms with van der Waals surface area (Å²) in [5.41, 5.74) is 1.00. The van der Waals surface area contributed by atoms with Crippen molar-refractivity contribution in [3.05, 3.63) is 33.8 Å². The van der Waals surface area contributed by atoms with Crippen molar-refractivity contribution in [2.24, 2.45) is 0 Å². The van der Waals surface area contributed by atoms with Gasteiger partial charge in [0.2, 0.25) is 0 Å². The van der Waals surface area contributed by atoms with Crippen molar-refractivity contribution < 1.29 is 9.53 Å². The van der Waals surface area contributed by atoms with E-state index in [1.807, 2.05) is 6.07 Å². The van der Waals surface area contributed by atoms with Gasteiger partial charge in [0.15, 0.2) is 0 Å². The largest absolute Gasteiger partial charge is 0.468 e. The third-order valence-electron chi connectivity index (χ3n) is 2.08. The van der Waals surface area contributed by atoms with Crippen LogP contribution < -0.4 is 5.32 Å². The fourth-order valence-electron chi connectivity index (χ4n) is 1.21. The summed E-state index contributed by atoms with van der Waals surface area (Å²) in [6.07, 6.45) is 0.743. The molecule has 0 fully saturated rings. The highest BCUT2D eigenvalue weighted by Gasteiger charge is 2.02. The summed E-state index contributed by atoms with van der Waals surface area (Å²) in [4.78, 5) is 10.8. The van der Waals surface area contributed by atoms with E-state index in [9.17, 15) is 4.79 Å². The van der Waals surface area contributed by atoms with Gasteiger partial charge in [0, 0.05) is 10.0 Å². The molecular formula is C11H13Cl2NO2. The minimum absolute atomic E-state index is 0.210. The number of esters is 1. The summed E-state index contributed by atoms with van der Waals surface area (Å²) in [6, 6.07) is 5.38. The average Bonchev–Trinajstić information content (AvgIpc) is 2.26. The maximum atomic E-state index is 10.8. The first-order valence-electron chi connectivity index (χ1n) is 4.85. The second-order valence-electron chi connectivity index (χ2n) is 3.24. The summed E-state index contributed by atoms with van der Waals surface area (Å²) in [7, 11) is 1.36. The SMILES string of the molecule is COC(=O)CNCCc1ccc(Cl)cc1Cl. The molecule has 0 aromatic heterocycles. The molecule has 1 rings (SSSR count). The summed E-state index contributed by atoms with van der Waals surface area (Å²) < 4.78 is 4.50. The number of nitrogens with one attached hydrogen (secondary N) is 1.